The summed E-state index contributed by atoms with van der Waals surface area (Å²) in [6.07, 6.45) is 1.64. The molecular formula is C12H9N3O3. The molecule has 2 aromatic heterocycles. The molecule has 18 heavy (non-hydrogen) atoms. The predicted molar refractivity (Wildman–Crippen MR) is 63.3 cm³/mol. The first-order valence-electron chi connectivity index (χ1n) is 5.32. The van der Waals surface area contributed by atoms with E-state index in [1.54, 1.807) is 29.1 Å². The zero-order valence-corrected chi connectivity index (χ0v) is 9.28. The van der Waals surface area contributed by atoms with Gasteiger partial charge < -0.3 is 9.52 Å². The summed E-state index contributed by atoms with van der Waals surface area (Å²) in [4.78, 5) is 11.1. The van der Waals surface area contributed by atoms with E-state index in [4.69, 9.17) is 9.52 Å². The molecule has 0 bridgehead atoms. The van der Waals surface area contributed by atoms with E-state index in [1.165, 1.54) is 6.07 Å². The third-order valence-electron chi connectivity index (χ3n) is 2.57. The Hall–Kier alpha value is -2.47. The van der Waals surface area contributed by atoms with Gasteiger partial charge in [0.25, 0.3) is 0 Å². The van der Waals surface area contributed by atoms with E-state index >= 15 is 0 Å². The molecule has 6 nitrogen and oxygen atoms in total. The maximum Gasteiger partial charge on any atom is 0.336 e. The monoisotopic (exact) mass is 243 g/mol. The third kappa shape index (κ3) is 1.78. The van der Waals surface area contributed by atoms with Crippen LogP contribution in [0.1, 0.15) is 5.69 Å². The van der Waals surface area contributed by atoms with Gasteiger partial charge in [-0.1, -0.05) is 5.21 Å². The first-order chi connectivity index (χ1) is 8.76. The summed E-state index contributed by atoms with van der Waals surface area (Å²) in [5.74, 6) is 0. The molecular weight excluding hydrogens is 234 g/mol. The van der Waals surface area contributed by atoms with Crippen molar-refractivity contribution in [3.63, 3.8) is 0 Å². The van der Waals surface area contributed by atoms with E-state index in [2.05, 4.69) is 10.3 Å². The van der Waals surface area contributed by atoms with Gasteiger partial charge in [0.15, 0.2) is 0 Å². The molecule has 2 heterocycles. The van der Waals surface area contributed by atoms with E-state index < -0.39 is 0 Å². The molecule has 0 unspecified atom stereocenters. The lowest BCUT2D eigenvalue weighted by atomic mass is 10.2. The summed E-state index contributed by atoms with van der Waals surface area (Å²) in [6.45, 7) is -0.150. The Bertz CT molecular complexity index is 760. The molecule has 3 rings (SSSR count). The van der Waals surface area contributed by atoms with Crippen molar-refractivity contribution >= 4 is 11.0 Å². The highest BCUT2D eigenvalue weighted by molar-refractivity contribution is 5.78. The number of rotatable bonds is 2. The predicted octanol–water partition coefficient (Wildman–Crippen LogP) is 0.866. The number of aliphatic hydroxyl groups excluding tert-OH is 1. The minimum Gasteiger partial charge on any atom is -0.423 e. The molecule has 1 aromatic carbocycles. The molecule has 0 saturated carbocycles. The SMILES string of the molecule is O=c1ccc2cc(-n3cc(CO)nn3)ccc2o1. The Kier molecular flexibility index (Phi) is 2.42. The fourth-order valence-electron chi connectivity index (χ4n) is 1.70. The quantitative estimate of drug-likeness (QED) is 0.675. The van der Waals surface area contributed by atoms with Crippen LogP contribution in [0.15, 0.2) is 45.7 Å². The van der Waals surface area contributed by atoms with Crippen LogP contribution in [0.2, 0.25) is 0 Å². The van der Waals surface area contributed by atoms with Crippen LogP contribution in [0.4, 0.5) is 0 Å². The standard InChI is InChI=1S/C12H9N3O3/c16-7-9-6-15(14-13-9)10-2-3-11-8(5-10)1-4-12(17)18-11/h1-6,16H,7H2. The van der Waals surface area contributed by atoms with Crippen molar-refractivity contribution in [2.45, 2.75) is 6.61 Å². The summed E-state index contributed by atoms with van der Waals surface area (Å²) in [7, 11) is 0. The zero-order valence-electron chi connectivity index (χ0n) is 9.28. The number of hydrogen-bond donors (Lipinski definition) is 1. The molecule has 1 N–H and O–H groups in total. The molecule has 0 amide bonds. The zero-order chi connectivity index (χ0) is 12.5. The molecule has 0 aliphatic rings. The highest BCUT2D eigenvalue weighted by Crippen LogP contribution is 2.16. The van der Waals surface area contributed by atoms with E-state index in [-0.39, 0.29) is 12.2 Å². The smallest absolute Gasteiger partial charge is 0.336 e. The fraction of sp³-hybridized carbons (Fsp3) is 0.0833. The van der Waals surface area contributed by atoms with Crippen molar-refractivity contribution in [3.8, 4) is 5.69 Å². The Morgan fingerprint density at radius 3 is 2.94 bits per heavy atom. The maximum absolute atomic E-state index is 11.1. The Morgan fingerprint density at radius 1 is 1.28 bits per heavy atom. The van der Waals surface area contributed by atoms with Crippen LogP contribution in [0.25, 0.3) is 16.7 Å². The van der Waals surface area contributed by atoms with Gasteiger partial charge in [0, 0.05) is 11.5 Å². The largest absolute Gasteiger partial charge is 0.423 e. The van der Waals surface area contributed by atoms with Crippen molar-refractivity contribution < 1.29 is 9.52 Å². The normalized spacial score (nSPS) is 10.9. The van der Waals surface area contributed by atoms with E-state index in [0.717, 1.165) is 11.1 Å². The molecule has 0 aliphatic carbocycles. The third-order valence-corrected chi connectivity index (χ3v) is 2.57. The summed E-state index contributed by atoms with van der Waals surface area (Å²) in [6, 6.07) is 8.35. The average molecular weight is 243 g/mol. The lowest BCUT2D eigenvalue weighted by Crippen LogP contribution is -1.97. The van der Waals surface area contributed by atoms with Gasteiger partial charge in [-0.05, 0) is 24.3 Å². The van der Waals surface area contributed by atoms with Crippen molar-refractivity contribution in [1.82, 2.24) is 15.0 Å². The number of aromatic nitrogens is 3. The summed E-state index contributed by atoms with van der Waals surface area (Å²) in [5.41, 5.74) is 1.42. The second-order valence-corrected chi connectivity index (χ2v) is 3.79. The van der Waals surface area contributed by atoms with E-state index in [1.807, 2.05) is 6.07 Å². The van der Waals surface area contributed by atoms with Crippen molar-refractivity contribution in [3.05, 3.63) is 52.6 Å². The minimum absolute atomic E-state index is 0.150. The molecule has 0 fully saturated rings. The van der Waals surface area contributed by atoms with Gasteiger partial charge in [0.2, 0.25) is 0 Å². The number of hydrogen-bond acceptors (Lipinski definition) is 5. The first kappa shape index (κ1) is 10.7. The number of aliphatic hydroxyl groups is 1. The summed E-state index contributed by atoms with van der Waals surface area (Å²) in [5, 5.41) is 17.4. The fourth-order valence-corrected chi connectivity index (χ4v) is 1.70. The first-order valence-corrected chi connectivity index (χ1v) is 5.32. The summed E-state index contributed by atoms with van der Waals surface area (Å²) < 4.78 is 6.59. The van der Waals surface area contributed by atoms with Crippen LogP contribution >= 0.6 is 0 Å². The summed E-state index contributed by atoms with van der Waals surface area (Å²) >= 11 is 0. The number of nitrogens with zero attached hydrogens (tertiary/aromatic N) is 3. The molecule has 6 heteroatoms. The van der Waals surface area contributed by atoms with Crippen molar-refractivity contribution in [2.24, 2.45) is 0 Å². The lowest BCUT2D eigenvalue weighted by Gasteiger charge is -2.01. The van der Waals surface area contributed by atoms with E-state index in [0.29, 0.717) is 11.3 Å². The molecule has 0 spiro atoms. The highest BCUT2D eigenvalue weighted by Gasteiger charge is 2.04. The van der Waals surface area contributed by atoms with Crippen molar-refractivity contribution in [2.75, 3.05) is 0 Å². The second-order valence-electron chi connectivity index (χ2n) is 3.79. The van der Waals surface area contributed by atoms with Gasteiger partial charge >= 0.3 is 5.63 Å². The Balaban J connectivity index is 2.13. The van der Waals surface area contributed by atoms with Crippen LogP contribution in [0.5, 0.6) is 0 Å². The molecule has 0 saturated heterocycles. The topological polar surface area (TPSA) is 81.2 Å². The van der Waals surface area contributed by atoms with Gasteiger partial charge in [0.1, 0.15) is 11.3 Å². The van der Waals surface area contributed by atoms with Crippen LogP contribution in [-0.2, 0) is 6.61 Å². The van der Waals surface area contributed by atoms with Gasteiger partial charge in [-0.2, -0.15) is 0 Å². The average Bonchev–Trinajstić information content (AvgIpc) is 2.87. The maximum atomic E-state index is 11.1. The molecule has 3 aromatic rings. The number of fused-ring (bicyclic) bond motifs is 1. The minimum atomic E-state index is -0.376. The van der Waals surface area contributed by atoms with Gasteiger partial charge in [0.05, 0.1) is 18.5 Å². The van der Waals surface area contributed by atoms with E-state index in [9.17, 15) is 4.79 Å². The van der Waals surface area contributed by atoms with Gasteiger partial charge in [-0.3, -0.25) is 0 Å². The van der Waals surface area contributed by atoms with Gasteiger partial charge in [-0.15, -0.1) is 5.10 Å². The number of benzene rings is 1. The highest BCUT2D eigenvalue weighted by atomic mass is 16.4. The van der Waals surface area contributed by atoms with Crippen LogP contribution < -0.4 is 5.63 Å². The molecule has 0 radical (unpaired) electrons. The van der Waals surface area contributed by atoms with Crippen LogP contribution in [0.3, 0.4) is 0 Å². The second kappa shape index (κ2) is 4.08. The van der Waals surface area contributed by atoms with Crippen LogP contribution in [-0.4, -0.2) is 20.1 Å². The molecule has 0 aliphatic heterocycles. The van der Waals surface area contributed by atoms with Crippen molar-refractivity contribution in [1.29, 1.82) is 0 Å². The van der Waals surface area contributed by atoms with Crippen LogP contribution in [0, 0.1) is 0 Å². The molecule has 90 valence electrons. The Morgan fingerprint density at radius 2 is 2.17 bits per heavy atom. The Labute approximate surface area is 101 Å². The lowest BCUT2D eigenvalue weighted by molar-refractivity contribution is 0.276. The molecule has 0 atom stereocenters. The van der Waals surface area contributed by atoms with Gasteiger partial charge in [-0.25, -0.2) is 9.48 Å².